The number of nitrogens with zero attached hydrogens (tertiary/aromatic N) is 4. The number of methoxy groups -OCH3 is 1. The highest BCUT2D eigenvalue weighted by Gasteiger charge is 2.13. The number of ether oxygens (including phenoxy) is 1. The zero-order valence-corrected chi connectivity index (χ0v) is 13.4. The van der Waals surface area contributed by atoms with E-state index in [0.717, 1.165) is 5.56 Å². The lowest BCUT2D eigenvalue weighted by atomic mass is 10.1. The highest BCUT2D eigenvalue weighted by Crippen LogP contribution is 2.25. The van der Waals surface area contributed by atoms with Crippen molar-refractivity contribution in [2.75, 3.05) is 12.4 Å². The van der Waals surface area contributed by atoms with Crippen molar-refractivity contribution in [2.45, 2.75) is 13.5 Å². The van der Waals surface area contributed by atoms with Crippen LogP contribution in [0.5, 0.6) is 5.75 Å². The zero-order chi connectivity index (χ0) is 16.9. The number of hydrogen-bond donors (Lipinski definition) is 1. The number of amides is 1. The van der Waals surface area contributed by atoms with Gasteiger partial charge in [0.05, 0.1) is 19.3 Å². The van der Waals surface area contributed by atoms with E-state index in [9.17, 15) is 4.79 Å². The number of aromatic nitrogens is 4. The second-order valence-electron chi connectivity index (χ2n) is 5.03. The van der Waals surface area contributed by atoms with Crippen molar-refractivity contribution in [1.82, 2.24) is 20.2 Å². The number of anilines is 1. The molecular weight excluding hydrogens is 306 g/mol. The first kappa shape index (κ1) is 15.7. The number of benzene rings is 2. The summed E-state index contributed by atoms with van der Waals surface area (Å²) in [4.78, 5) is 13.9. The summed E-state index contributed by atoms with van der Waals surface area (Å²) < 4.78 is 5.10. The molecule has 0 saturated carbocycles. The maximum Gasteiger partial charge on any atom is 0.255 e. The number of aryl methyl sites for hydroxylation is 1. The average Bonchev–Trinajstić information content (AvgIpc) is 3.11. The van der Waals surface area contributed by atoms with E-state index in [1.807, 2.05) is 31.2 Å². The van der Waals surface area contributed by atoms with Gasteiger partial charge < -0.3 is 10.1 Å². The summed E-state index contributed by atoms with van der Waals surface area (Å²) in [5.41, 5.74) is 1.89. The molecule has 3 rings (SSSR count). The standard InChI is InChI=1S/C17H17N5O2/c1-3-22-20-16(19-21-22)14-6-4-5-7-15(14)18-17(23)12-8-10-13(24-2)11-9-12/h4-11H,3H2,1-2H3,(H,18,23). The highest BCUT2D eigenvalue weighted by molar-refractivity contribution is 6.06. The Morgan fingerprint density at radius 3 is 2.58 bits per heavy atom. The number of nitrogens with one attached hydrogen (secondary N) is 1. The molecule has 0 fully saturated rings. The summed E-state index contributed by atoms with van der Waals surface area (Å²) in [5, 5.41) is 15.2. The highest BCUT2D eigenvalue weighted by atomic mass is 16.5. The van der Waals surface area contributed by atoms with E-state index >= 15 is 0 Å². The lowest BCUT2D eigenvalue weighted by Gasteiger charge is -2.09. The van der Waals surface area contributed by atoms with E-state index in [-0.39, 0.29) is 5.91 Å². The van der Waals surface area contributed by atoms with Crippen LogP contribution in [0.3, 0.4) is 0 Å². The van der Waals surface area contributed by atoms with E-state index in [4.69, 9.17) is 4.74 Å². The van der Waals surface area contributed by atoms with Crippen molar-refractivity contribution in [2.24, 2.45) is 0 Å². The molecule has 2 aromatic carbocycles. The van der Waals surface area contributed by atoms with Gasteiger partial charge >= 0.3 is 0 Å². The van der Waals surface area contributed by atoms with Crippen LogP contribution >= 0.6 is 0 Å². The summed E-state index contributed by atoms with van der Waals surface area (Å²) in [6.07, 6.45) is 0. The predicted molar refractivity (Wildman–Crippen MR) is 89.9 cm³/mol. The molecule has 1 amide bonds. The van der Waals surface area contributed by atoms with E-state index in [1.54, 1.807) is 31.4 Å². The second-order valence-corrected chi connectivity index (χ2v) is 5.03. The van der Waals surface area contributed by atoms with Crippen LogP contribution in [0.2, 0.25) is 0 Å². The monoisotopic (exact) mass is 323 g/mol. The van der Waals surface area contributed by atoms with Crippen LogP contribution in [-0.4, -0.2) is 33.2 Å². The number of para-hydroxylation sites is 1. The molecule has 0 radical (unpaired) electrons. The Morgan fingerprint density at radius 2 is 1.92 bits per heavy atom. The topological polar surface area (TPSA) is 81.9 Å². The van der Waals surface area contributed by atoms with Crippen LogP contribution in [-0.2, 0) is 6.54 Å². The first-order valence-electron chi connectivity index (χ1n) is 7.54. The largest absolute Gasteiger partial charge is 0.497 e. The molecule has 0 atom stereocenters. The summed E-state index contributed by atoms with van der Waals surface area (Å²) in [6, 6.07) is 14.3. The fourth-order valence-corrected chi connectivity index (χ4v) is 2.21. The molecule has 7 heteroatoms. The molecular formula is C17H17N5O2. The number of carbonyl (C=O) groups is 1. The summed E-state index contributed by atoms with van der Waals surface area (Å²) in [6.45, 7) is 2.57. The van der Waals surface area contributed by atoms with Crippen molar-refractivity contribution >= 4 is 11.6 Å². The minimum atomic E-state index is -0.215. The van der Waals surface area contributed by atoms with Gasteiger partial charge in [-0.25, -0.2) is 0 Å². The smallest absolute Gasteiger partial charge is 0.255 e. The van der Waals surface area contributed by atoms with Gasteiger partial charge in [0, 0.05) is 11.1 Å². The maximum absolute atomic E-state index is 12.4. The van der Waals surface area contributed by atoms with Crippen LogP contribution in [0, 0.1) is 0 Å². The second kappa shape index (κ2) is 6.91. The van der Waals surface area contributed by atoms with Gasteiger partial charge in [0.1, 0.15) is 5.75 Å². The Balaban J connectivity index is 1.85. The molecule has 0 unspecified atom stereocenters. The molecule has 0 spiro atoms. The molecule has 3 aromatic rings. The van der Waals surface area contributed by atoms with Crippen molar-refractivity contribution in [3.63, 3.8) is 0 Å². The van der Waals surface area contributed by atoms with Crippen LogP contribution in [0.4, 0.5) is 5.69 Å². The Hall–Kier alpha value is -3.22. The Morgan fingerprint density at radius 1 is 1.17 bits per heavy atom. The van der Waals surface area contributed by atoms with E-state index < -0.39 is 0 Å². The van der Waals surface area contributed by atoms with Crippen molar-refractivity contribution in [1.29, 1.82) is 0 Å². The lowest BCUT2D eigenvalue weighted by Crippen LogP contribution is -2.12. The third-order valence-corrected chi connectivity index (χ3v) is 3.50. The minimum Gasteiger partial charge on any atom is -0.497 e. The molecule has 24 heavy (non-hydrogen) atoms. The van der Waals surface area contributed by atoms with Gasteiger partial charge in [-0.05, 0) is 48.5 Å². The van der Waals surface area contributed by atoms with E-state index in [1.165, 1.54) is 4.80 Å². The van der Waals surface area contributed by atoms with Crippen LogP contribution in [0.1, 0.15) is 17.3 Å². The van der Waals surface area contributed by atoms with Crippen LogP contribution < -0.4 is 10.1 Å². The molecule has 0 bridgehead atoms. The van der Waals surface area contributed by atoms with Gasteiger partial charge in [0.15, 0.2) is 0 Å². The molecule has 7 nitrogen and oxygen atoms in total. The number of hydrogen-bond acceptors (Lipinski definition) is 5. The molecule has 0 aliphatic carbocycles. The van der Waals surface area contributed by atoms with Crippen LogP contribution in [0.15, 0.2) is 48.5 Å². The molecule has 1 N–H and O–H groups in total. The Bertz CT molecular complexity index is 842. The number of carbonyl (C=O) groups excluding carboxylic acids is 1. The quantitative estimate of drug-likeness (QED) is 0.780. The van der Waals surface area contributed by atoms with E-state index in [2.05, 4.69) is 20.7 Å². The molecule has 1 heterocycles. The van der Waals surface area contributed by atoms with Gasteiger partial charge in [-0.15, -0.1) is 10.2 Å². The molecule has 0 saturated heterocycles. The average molecular weight is 323 g/mol. The number of tetrazole rings is 1. The first-order chi connectivity index (χ1) is 11.7. The molecule has 0 aliphatic rings. The SMILES string of the molecule is CCn1nnc(-c2ccccc2NC(=O)c2ccc(OC)cc2)n1. The number of rotatable bonds is 5. The normalized spacial score (nSPS) is 10.4. The fourth-order valence-electron chi connectivity index (χ4n) is 2.21. The summed E-state index contributed by atoms with van der Waals surface area (Å²) in [5.74, 6) is 0.961. The Kier molecular flexibility index (Phi) is 4.51. The van der Waals surface area contributed by atoms with Crippen molar-refractivity contribution in [3.05, 3.63) is 54.1 Å². The van der Waals surface area contributed by atoms with Crippen molar-refractivity contribution in [3.8, 4) is 17.1 Å². The zero-order valence-electron chi connectivity index (χ0n) is 13.4. The molecule has 0 aliphatic heterocycles. The third kappa shape index (κ3) is 3.24. The van der Waals surface area contributed by atoms with Crippen molar-refractivity contribution < 1.29 is 9.53 Å². The lowest BCUT2D eigenvalue weighted by molar-refractivity contribution is 0.102. The molecule has 1 aromatic heterocycles. The predicted octanol–water partition coefficient (Wildman–Crippen LogP) is 2.62. The molecule has 122 valence electrons. The van der Waals surface area contributed by atoms with Crippen LogP contribution in [0.25, 0.3) is 11.4 Å². The Labute approximate surface area is 139 Å². The third-order valence-electron chi connectivity index (χ3n) is 3.50. The first-order valence-corrected chi connectivity index (χ1v) is 7.54. The van der Waals surface area contributed by atoms with Gasteiger partial charge in [0.25, 0.3) is 5.91 Å². The van der Waals surface area contributed by atoms with Gasteiger partial charge in [-0.1, -0.05) is 12.1 Å². The van der Waals surface area contributed by atoms with Gasteiger partial charge in [-0.2, -0.15) is 4.80 Å². The van der Waals surface area contributed by atoms with E-state index in [0.29, 0.717) is 29.4 Å². The maximum atomic E-state index is 12.4. The summed E-state index contributed by atoms with van der Waals surface area (Å²) in [7, 11) is 1.59. The minimum absolute atomic E-state index is 0.215. The van der Waals surface area contributed by atoms with Gasteiger partial charge in [0.2, 0.25) is 5.82 Å². The van der Waals surface area contributed by atoms with Gasteiger partial charge in [-0.3, -0.25) is 4.79 Å². The fraction of sp³-hybridized carbons (Fsp3) is 0.176. The summed E-state index contributed by atoms with van der Waals surface area (Å²) >= 11 is 0.